The SMILES string of the molecule is CC(=O)O.O=C(O)CC1CCCNC1. The Morgan fingerprint density at radius 2 is 2.00 bits per heavy atom. The summed E-state index contributed by atoms with van der Waals surface area (Å²) in [6.07, 6.45) is 2.52. The van der Waals surface area contributed by atoms with E-state index in [9.17, 15) is 4.79 Å². The van der Waals surface area contributed by atoms with E-state index < -0.39 is 11.9 Å². The first kappa shape index (κ1) is 12.9. The van der Waals surface area contributed by atoms with Crippen LogP contribution in [0.25, 0.3) is 0 Å². The molecule has 0 amide bonds. The van der Waals surface area contributed by atoms with Gasteiger partial charge in [-0.3, -0.25) is 9.59 Å². The Morgan fingerprint density at radius 1 is 1.43 bits per heavy atom. The maximum absolute atomic E-state index is 10.2. The molecule has 0 saturated carbocycles. The van der Waals surface area contributed by atoms with Crippen LogP contribution in [-0.4, -0.2) is 35.2 Å². The van der Waals surface area contributed by atoms with Crippen LogP contribution in [0.4, 0.5) is 0 Å². The third-order valence-corrected chi connectivity index (χ3v) is 1.86. The first-order chi connectivity index (χ1) is 6.52. The molecule has 0 bridgehead atoms. The molecule has 1 rings (SSSR count). The van der Waals surface area contributed by atoms with Gasteiger partial charge in [0.15, 0.2) is 0 Å². The Hall–Kier alpha value is -1.10. The third kappa shape index (κ3) is 8.99. The molecule has 1 fully saturated rings. The fourth-order valence-electron chi connectivity index (χ4n) is 1.35. The van der Waals surface area contributed by atoms with Gasteiger partial charge >= 0.3 is 5.97 Å². The smallest absolute Gasteiger partial charge is 0.303 e. The molecule has 1 unspecified atom stereocenters. The van der Waals surface area contributed by atoms with Crippen molar-refractivity contribution in [3.63, 3.8) is 0 Å². The van der Waals surface area contributed by atoms with Crippen molar-refractivity contribution in [3.05, 3.63) is 0 Å². The lowest BCUT2D eigenvalue weighted by molar-refractivity contribution is -0.138. The molecule has 0 aliphatic carbocycles. The van der Waals surface area contributed by atoms with E-state index in [-0.39, 0.29) is 0 Å². The minimum atomic E-state index is -0.833. The molecule has 1 aliphatic rings. The summed E-state index contributed by atoms with van der Waals surface area (Å²) in [7, 11) is 0. The van der Waals surface area contributed by atoms with E-state index in [1.54, 1.807) is 0 Å². The number of carboxylic acid groups (broad SMARTS) is 2. The summed E-state index contributed by atoms with van der Waals surface area (Å²) in [4.78, 5) is 19.2. The van der Waals surface area contributed by atoms with Crippen molar-refractivity contribution in [2.45, 2.75) is 26.2 Å². The first-order valence-electron chi connectivity index (χ1n) is 4.64. The predicted octanol–water partition coefficient (Wildman–Crippen LogP) is 0.552. The monoisotopic (exact) mass is 203 g/mol. The van der Waals surface area contributed by atoms with E-state index in [0.717, 1.165) is 32.9 Å². The largest absolute Gasteiger partial charge is 0.481 e. The fraction of sp³-hybridized carbons (Fsp3) is 0.778. The topological polar surface area (TPSA) is 86.6 Å². The zero-order chi connectivity index (χ0) is 11.0. The van der Waals surface area contributed by atoms with Gasteiger partial charge < -0.3 is 15.5 Å². The van der Waals surface area contributed by atoms with Crippen LogP contribution < -0.4 is 5.32 Å². The zero-order valence-corrected chi connectivity index (χ0v) is 8.32. The Labute approximate surface area is 83.1 Å². The van der Waals surface area contributed by atoms with Crippen molar-refractivity contribution in [1.29, 1.82) is 0 Å². The van der Waals surface area contributed by atoms with Gasteiger partial charge in [0.25, 0.3) is 5.97 Å². The number of aliphatic carboxylic acids is 2. The molecular formula is C9H17NO4. The summed E-state index contributed by atoms with van der Waals surface area (Å²) in [5, 5.41) is 19.0. The molecule has 0 aromatic rings. The van der Waals surface area contributed by atoms with Crippen molar-refractivity contribution in [2.24, 2.45) is 5.92 Å². The Bertz CT molecular complexity index is 183. The van der Waals surface area contributed by atoms with E-state index in [1.807, 2.05) is 0 Å². The van der Waals surface area contributed by atoms with Gasteiger partial charge in [0, 0.05) is 13.3 Å². The van der Waals surface area contributed by atoms with Gasteiger partial charge in [-0.05, 0) is 31.8 Å². The lowest BCUT2D eigenvalue weighted by atomic mass is 9.96. The van der Waals surface area contributed by atoms with Gasteiger partial charge in [-0.15, -0.1) is 0 Å². The molecule has 82 valence electrons. The van der Waals surface area contributed by atoms with Crippen LogP contribution in [0.15, 0.2) is 0 Å². The minimum Gasteiger partial charge on any atom is -0.481 e. The van der Waals surface area contributed by atoms with E-state index in [1.165, 1.54) is 0 Å². The van der Waals surface area contributed by atoms with Crippen LogP contribution in [0.1, 0.15) is 26.2 Å². The second-order valence-corrected chi connectivity index (χ2v) is 3.33. The number of nitrogens with one attached hydrogen (secondary N) is 1. The van der Waals surface area contributed by atoms with E-state index >= 15 is 0 Å². The molecule has 0 aromatic heterocycles. The molecule has 1 saturated heterocycles. The Morgan fingerprint density at radius 3 is 2.36 bits per heavy atom. The lowest BCUT2D eigenvalue weighted by Gasteiger charge is -2.20. The number of rotatable bonds is 2. The predicted molar refractivity (Wildman–Crippen MR) is 51.2 cm³/mol. The molecule has 5 heteroatoms. The van der Waals surface area contributed by atoms with Crippen LogP contribution in [0.5, 0.6) is 0 Å². The van der Waals surface area contributed by atoms with Gasteiger partial charge in [0.2, 0.25) is 0 Å². The van der Waals surface area contributed by atoms with E-state index in [0.29, 0.717) is 12.3 Å². The van der Waals surface area contributed by atoms with Crippen molar-refractivity contribution in [1.82, 2.24) is 5.32 Å². The number of carboxylic acids is 2. The molecule has 0 spiro atoms. The third-order valence-electron chi connectivity index (χ3n) is 1.86. The van der Waals surface area contributed by atoms with Gasteiger partial charge in [0.05, 0.1) is 0 Å². The summed E-state index contributed by atoms with van der Waals surface area (Å²) in [6.45, 7) is 3.02. The molecule has 1 atom stereocenters. The quantitative estimate of drug-likeness (QED) is 0.610. The highest BCUT2D eigenvalue weighted by Crippen LogP contribution is 2.13. The average molecular weight is 203 g/mol. The molecular weight excluding hydrogens is 186 g/mol. The van der Waals surface area contributed by atoms with Gasteiger partial charge in [-0.1, -0.05) is 0 Å². The zero-order valence-electron chi connectivity index (χ0n) is 8.32. The Balaban J connectivity index is 0.000000364. The second kappa shape index (κ2) is 7.32. The van der Waals surface area contributed by atoms with Gasteiger partial charge in [-0.2, -0.15) is 0 Å². The summed E-state index contributed by atoms with van der Waals surface area (Å²) in [5.74, 6) is -1.14. The molecule has 14 heavy (non-hydrogen) atoms. The van der Waals surface area contributed by atoms with Crippen LogP contribution >= 0.6 is 0 Å². The number of hydrogen-bond donors (Lipinski definition) is 3. The molecule has 1 aliphatic heterocycles. The van der Waals surface area contributed by atoms with Crippen LogP contribution in [-0.2, 0) is 9.59 Å². The maximum atomic E-state index is 10.2. The molecule has 0 radical (unpaired) electrons. The Kier molecular flexibility index (Phi) is 6.74. The van der Waals surface area contributed by atoms with Gasteiger partial charge in [-0.25, -0.2) is 0 Å². The van der Waals surface area contributed by atoms with Crippen LogP contribution in [0, 0.1) is 5.92 Å². The number of hydrogen-bond acceptors (Lipinski definition) is 3. The summed E-state index contributed by atoms with van der Waals surface area (Å²) < 4.78 is 0. The van der Waals surface area contributed by atoms with Crippen molar-refractivity contribution in [2.75, 3.05) is 13.1 Å². The summed E-state index contributed by atoms with van der Waals surface area (Å²) in [6, 6.07) is 0. The highest BCUT2D eigenvalue weighted by molar-refractivity contribution is 5.67. The minimum absolute atomic E-state index is 0.326. The highest BCUT2D eigenvalue weighted by atomic mass is 16.4. The van der Waals surface area contributed by atoms with Crippen molar-refractivity contribution < 1.29 is 19.8 Å². The number of piperidine rings is 1. The van der Waals surface area contributed by atoms with Crippen molar-refractivity contribution in [3.8, 4) is 0 Å². The first-order valence-corrected chi connectivity index (χ1v) is 4.64. The molecule has 3 N–H and O–H groups in total. The van der Waals surface area contributed by atoms with E-state index in [2.05, 4.69) is 5.32 Å². The lowest BCUT2D eigenvalue weighted by Crippen LogP contribution is -2.30. The second-order valence-electron chi connectivity index (χ2n) is 3.33. The van der Waals surface area contributed by atoms with Crippen LogP contribution in [0.3, 0.4) is 0 Å². The van der Waals surface area contributed by atoms with Crippen molar-refractivity contribution >= 4 is 11.9 Å². The highest BCUT2D eigenvalue weighted by Gasteiger charge is 2.15. The maximum Gasteiger partial charge on any atom is 0.303 e. The summed E-state index contributed by atoms with van der Waals surface area (Å²) >= 11 is 0. The number of carbonyl (C=O) groups is 2. The van der Waals surface area contributed by atoms with Gasteiger partial charge in [0.1, 0.15) is 0 Å². The normalized spacial score (nSPS) is 20.5. The fourth-order valence-corrected chi connectivity index (χ4v) is 1.35. The summed E-state index contributed by atoms with van der Waals surface area (Å²) in [5.41, 5.74) is 0. The standard InChI is InChI=1S/C7H13NO2.C2H4O2/c9-7(10)4-6-2-1-3-8-5-6;1-2(3)4/h6,8H,1-5H2,(H,9,10);1H3,(H,3,4). The molecule has 0 aromatic carbocycles. The van der Waals surface area contributed by atoms with E-state index in [4.69, 9.17) is 15.0 Å². The molecule has 5 nitrogen and oxygen atoms in total. The van der Waals surface area contributed by atoms with Crippen LogP contribution in [0.2, 0.25) is 0 Å². The molecule has 1 heterocycles. The average Bonchev–Trinajstić information content (AvgIpc) is 2.03.